The topological polar surface area (TPSA) is 30.9 Å². The average Bonchev–Trinajstić information content (AvgIpc) is 3.00. The van der Waals surface area contributed by atoms with Gasteiger partial charge in [-0.25, -0.2) is 0 Å². The van der Waals surface area contributed by atoms with E-state index in [1.54, 1.807) is 21.3 Å². The zero-order valence-corrected chi connectivity index (χ0v) is 12.6. The van der Waals surface area contributed by atoms with Crippen LogP contribution in [0.25, 0.3) is 0 Å². The number of methoxy groups -OCH3 is 3. The minimum absolute atomic E-state index is 0.746. The van der Waals surface area contributed by atoms with Crippen LogP contribution in [0.5, 0.6) is 17.2 Å². The largest absolute Gasteiger partial charge is 0.496 e. The van der Waals surface area contributed by atoms with Gasteiger partial charge < -0.3 is 19.1 Å². The number of nitrogens with zero attached hydrogens (tertiary/aromatic N) is 1. The molecule has 1 aromatic carbocycles. The van der Waals surface area contributed by atoms with Gasteiger partial charge in [-0.2, -0.15) is 0 Å². The molecule has 1 saturated heterocycles. The molecule has 0 bridgehead atoms. The van der Waals surface area contributed by atoms with Crippen molar-refractivity contribution < 1.29 is 14.2 Å². The van der Waals surface area contributed by atoms with Gasteiger partial charge in [-0.05, 0) is 45.3 Å². The molecule has 4 nitrogen and oxygen atoms in total. The second-order valence-corrected chi connectivity index (χ2v) is 4.99. The zero-order chi connectivity index (χ0) is 14.4. The minimum Gasteiger partial charge on any atom is -0.496 e. The smallest absolute Gasteiger partial charge is 0.129 e. The third kappa shape index (κ3) is 3.57. The maximum atomic E-state index is 5.45. The molecule has 1 aliphatic heterocycles. The van der Waals surface area contributed by atoms with Gasteiger partial charge >= 0.3 is 0 Å². The Morgan fingerprint density at radius 2 is 1.60 bits per heavy atom. The average molecular weight is 278 g/mol. The van der Waals surface area contributed by atoms with Crippen molar-refractivity contribution in [3.63, 3.8) is 0 Å². The molecule has 4 heteroatoms. The number of benzene rings is 1. The van der Waals surface area contributed by atoms with E-state index in [2.05, 4.69) is 11.3 Å². The fraction of sp³-hybridized carbons (Fsp3) is 0.562. The number of ether oxygens (including phenoxy) is 3. The molecule has 2 rings (SSSR count). The molecule has 0 N–H and O–H groups in total. The first-order valence-corrected chi connectivity index (χ1v) is 7.14. The minimum atomic E-state index is 0.746. The lowest BCUT2D eigenvalue weighted by Gasteiger charge is -2.17. The SMILES string of the molecule is COc1cc(OC)c([CH]CCN2CCCC2)c(OC)c1. The zero-order valence-electron chi connectivity index (χ0n) is 12.6. The number of hydrogen-bond donors (Lipinski definition) is 0. The molecule has 0 aromatic heterocycles. The summed E-state index contributed by atoms with van der Waals surface area (Å²) >= 11 is 0. The van der Waals surface area contributed by atoms with E-state index in [1.165, 1.54) is 25.9 Å². The lowest BCUT2D eigenvalue weighted by molar-refractivity contribution is 0.341. The molecule has 0 unspecified atom stereocenters. The Morgan fingerprint density at radius 3 is 2.10 bits per heavy atom. The fourth-order valence-electron chi connectivity index (χ4n) is 2.63. The van der Waals surface area contributed by atoms with Crippen LogP contribution in [-0.4, -0.2) is 45.9 Å². The summed E-state index contributed by atoms with van der Waals surface area (Å²) in [5, 5.41) is 0. The van der Waals surface area contributed by atoms with Crippen molar-refractivity contribution in [2.45, 2.75) is 19.3 Å². The van der Waals surface area contributed by atoms with Crippen LogP contribution in [0.3, 0.4) is 0 Å². The van der Waals surface area contributed by atoms with Gasteiger partial charge in [0, 0.05) is 17.7 Å². The lowest BCUT2D eigenvalue weighted by Crippen LogP contribution is -2.20. The Balaban J connectivity index is 2.04. The van der Waals surface area contributed by atoms with Gasteiger partial charge in [0.15, 0.2) is 0 Å². The van der Waals surface area contributed by atoms with Gasteiger partial charge in [-0.15, -0.1) is 0 Å². The summed E-state index contributed by atoms with van der Waals surface area (Å²) < 4.78 is 16.2. The van der Waals surface area contributed by atoms with E-state index in [9.17, 15) is 0 Å². The van der Waals surface area contributed by atoms with Crippen LogP contribution in [0.15, 0.2) is 12.1 Å². The second-order valence-electron chi connectivity index (χ2n) is 4.99. The molecule has 1 heterocycles. The van der Waals surface area contributed by atoms with Gasteiger partial charge in [0.25, 0.3) is 0 Å². The maximum absolute atomic E-state index is 5.45. The summed E-state index contributed by atoms with van der Waals surface area (Å²) in [6, 6.07) is 3.79. The van der Waals surface area contributed by atoms with E-state index in [0.717, 1.165) is 35.8 Å². The van der Waals surface area contributed by atoms with E-state index in [-0.39, 0.29) is 0 Å². The Labute approximate surface area is 121 Å². The van der Waals surface area contributed by atoms with Crippen LogP contribution in [-0.2, 0) is 0 Å². The summed E-state index contributed by atoms with van der Waals surface area (Å²) in [5.74, 6) is 2.33. The molecule has 111 valence electrons. The highest BCUT2D eigenvalue weighted by Crippen LogP contribution is 2.35. The van der Waals surface area contributed by atoms with Crippen molar-refractivity contribution >= 4 is 0 Å². The van der Waals surface area contributed by atoms with Crippen LogP contribution in [0.4, 0.5) is 0 Å². The summed E-state index contributed by atoms with van der Waals surface area (Å²) in [5.41, 5.74) is 1.01. The molecule has 0 aliphatic carbocycles. The van der Waals surface area contributed by atoms with Crippen LogP contribution >= 0.6 is 0 Å². The standard InChI is InChI=1S/C16H24NO3/c1-18-13-11-15(19-2)14(16(12-13)20-3)7-6-10-17-8-4-5-9-17/h7,11-12H,4-6,8-10H2,1-3H3. The molecular formula is C16H24NO3. The number of hydrogen-bond acceptors (Lipinski definition) is 4. The molecule has 1 radical (unpaired) electrons. The van der Waals surface area contributed by atoms with Crippen LogP contribution in [0, 0.1) is 6.42 Å². The molecule has 0 amide bonds. The first-order valence-electron chi connectivity index (χ1n) is 7.14. The molecule has 1 aromatic rings. The van der Waals surface area contributed by atoms with Crippen LogP contribution < -0.4 is 14.2 Å². The Kier molecular flexibility index (Phi) is 5.53. The highest BCUT2D eigenvalue weighted by molar-refractivity contribution is 5.54. The number of rotatable bonds is 7. The third-order valence-electron chi connectivity index (χ3n) is 3.75. The normalized spacial score (nSPS) is 15.3. The van der Waals surface area contributed by atoms with Crippen molar-refractivity contribution in [2.24, 2.45) is 0 Å². The highest BCUT2D eigenvalue weighted by atomic mass is 16.5. The predicted octanol–water partition coefficient (Wildman–Crippen LogP) is 2.75. The van der Waals surface area contributed by atoms with Crippen molar-refractivity contribution in [3.8, 4) is 17.2 Å². The molecule has 1 fully saturated rings. The molecular weight excluding hydrogens is 254 g/mol. The van der Waals surface area contributed by atoms with Gasteiger partial charge in [0.05, 0.1) is 21.3 Å². The predicted molar refractivity (Wildman–Crippen MR) is 79.8 cm³/mol. The lowest BCUT2D eigenvalue weighted by atomic mass is 10.1. The third-order valence-corrected chi connectivity index (χ3v) is 3.75. The van der Waals surface area contributed by atoms with E-state index >= 15 is 0 Å². The highest BCUT2D eigenvalue weighted by Gasteiger charge is 2.15. The Hall–Kier alpha value is -1.42. The van der Waals surface area contributed by atoms with Crippen molar-refractivity contribution in [1.29, 1.82) is 0 Å². The quantitative estimate of drug-likeness (QED) is 0.767. The van der Waals surface area contributed by atoms with Crippen LogP contribution in [0.2, 0.25) is 0 Å². The van der Waals surface area contributed by atoms with Gasteiger partial charge in [-0.1, -0.05) is 0 Å². The number of likely N-dealkylation sites (tertiary alicyclic amines) is 1. The monoisotopic (exact) mass is 278 g/mol. The van der Waals surface area contributed by atoms with Crippen molar-refractivity contribution in [3.05, 3.63) is 24.1 Å². The first-order chi connectivity index (χ1) is 9.78. The summed E-state index contributed by atoms with van der Waals surface area (Å²) in [7, 11) is 4.99. The molecule has 0 saturated carbocycles. The van der Waals surface area contributed by atoms with Crippen molar-refractivity contribution in [1.82, 2.24) is 4.90 Å². The summed E-state index contributed by atoms with van der Waals surface area (Å²) in [6.45, 7) is 3.55. The summed E-state index contributed by atoms with van der Waals surface area (Å²) in [6.07, 6.45) is 5.85. The molecule has 0 atom stereocenters. The van der Waals surface area contributed by atoms with Gasteiger partial charge in [0.1, 0.15) is 17.2 Å². The van der Waals surface area contributed by atoms with E-state index in [0.29, 0.717) is 0 Å². The van der Waals surface area contributed by atoms with E-state index in [1.807, 2.05) is 12.1 Å². The molecule has 1 aliphatic rings. The van der Waals surface area contributed by atoms with Crippen molar-refractivity contribution in [2.75, 3.05) is 41.0 Å². The van der Waals surface area contributed by atoms with Gasteiger partial charge in [-0.3, -0.25) is 0 Å². The van der Waals surface area contributed by atoms with E-state index < -0.39 is 0 Å². The van der Waals surface area contributed by atoms with Crippen LogP contribution in [0.1, 0.15) is 24.8 Å². The maximum Gasteiger partial charge on any atom is 0.129 e. The van der Waals surface area contributed by atoms with Gasteiger partial charge in [0.2, 0.25) is 0 Å². The second kappa shape index (κ2) is 7.39. The first kappa shape index (κ1) is 15.0. The molecule has 0 spiro atoms. The fourth-order valence-corrected chi connectivity index (χ4v) is 2.63. The molecule has 20 heavy (non-hydrogen) atoms. The Morgan fingerprint density at radius 1 is 1.00 bits per heavy atom. The Bertz CT molecular complexity index is 403. The van der Waals surface area contributed by atoms with E-state index in [4.69, 9.17) is 14.2 Å². The summed E-state index contributed by atoms with van der Waals surface area (Å²) in [4.78, 5) is 2.50.